The summed E-state index contributed by atoms with van der Waals surface area (Å²) in [5.41, 5.74) is 0.266. The van der Waals surface area contributed by atoms with Gasteiger partial charge in [0, 0.05) is 10.9 Å². The Bertz CT molecular complexity index is 551. The smallest absolute Gasteiger partial charge is 0.331 e. The number of carbonyl (C=O) groups is 2. The molecule has 0 atom stereocenters. The lowest BCUT2D eigenvalue weighted by Crippen LogP contribution is -2.54. The van der Waals surface area contributed by atoms with Crippen LogP contribution in [-0.2, 0) is 20.7 Å². The molecule has 1 N–H and O–H groups in total. The summed E-state index contributed by atoms with van der Waals surface area (Å²) in [5, 5.41) is 2.98. The fraction of sp³-hybridized carbons (Fsp3) is 0.556. The number of hydrogen-bond donors (Lipinski definition) is 1. The maximum atomic E-state index is 12.4. The molecule has 0 bridgehead atoms. The van der Waals surface area contributed by atoms with Crippen molar-refractivity contribution in [2.75, 3.05) is 7.11 Å². The summed E-state index contributed by atoms with van der Waals surface area (Å²) < 4.78 is 5.97. The Hall–Kier alpha value is -1.36. The second-order valence-corrected chi connectivity index (χ2v) is 7.08. The lowest BCUT2D eigenvalue weighted by Gasteiger charge is -2.31. The minimum Gasteiger partial charge on any atom is -0.467 e. The Morgan fingerprint density at radius 2 is 1.91 bits per heavy atom. The van der Waals surface area contributed by atoms with Crippen molar-refractivity contribution in [3.05, 3.63) is 34.3 Å². The Labute approximate surface area is 146 Å². The van der Waals surface area contributed by atoms with Crippen LogP contribution in [-0.4, -0.2) is 24.5 Å². The Balaban J connectivity index is 1.98. The number of halogens is 1. The molecule has 1 fully saturated rings. The fourth-order valence-corrected chi connectivity index (χ4v) is 3.63. The molecule has 0 radical (unpaired) electrons. The van der Waals surface area contributed by atoms with Crippen LogP contribution in [0, 0.1) is 0 Å². The highest BCUT2D eigenvalue weighted by atomic mass is 79.9. The predicted octanol–water partition coefficient (Wildman–Crippen LogP) is 3.76. The van der Waals surface area contributed by atoms with E-state index in [9.17, 15) is 9.59 Å². The number of amides is 1. The van der Waals surface area contributed by atoms with Gasteiger partial charge in [-0.05, 0) is 37.0 Å². The monoisotopic (exact) mass is 381 g/mol. The number of benzene rings is 1. The van der Waals surface area contributed by atoms with Crippen molar-refractivity contribution in [2.24, 2.45) is 0 Å². The highest BCUT2D eigenvalue weighted by Crippen LogP contribution is 2.28. The van der Waals surface area contributed by atoms with E-state index < -0.39 is 5.54 Å². The van der Waals surface area contributed by atoms with Gasteiger partial charge in [-0.3, -0.25) is 4.79 Å². The molecule has 0 unspecified atom stereocenters. The highest BCUT2D eigenvalue weighted by Gasteiger charge is 2.40. The van der Waals surface area contributed by atoms with Crippen LogP contribution in [0.1, 0.15) is 50.5 Å². The second-order valence-electron chi connectivity index (χ2n) is 6.17. The third kappa shape index (κ3) is 5.06. The molecule has 1 saturated carbocycles. The molecular weight excluding hydrogens is 358 g/mol. The van der Waals surface area contributed by atoms with Crippen LogP contribution >= 0.6 is 15.9 Å². The molecule has 0 saturated heterocycles. The van der Waals surface area contributed by atoms with Crippen molar-refractivity contribution < 1.29 is 14.3 Å². The summed E-state index contributed by atoms with van der Waals surface area (Å²) in [5.74, 6) is -0.396. The Morgan fingerprint density at radius 1 is 1.22 bits per heavy atom. The number of esters is 1. The summed E-state index contributed by atoms with van der Waals surface area (Å²) in [7, 11) is 1.39. The first-order chi connectivity index (χ1) is 11.1. The van der Waals surface area contributed by atoms with Crippen molar-refractivity contribution in [3.8, 4) is 0 Å². The number of hydrogen-bond acceptors (Lipinski definition) is 3. The van der Waals surface area contributed by atoms with Crippen LogP contribution < -0.4 is 5.32 Å². The largest absolute Gasteiger partial charge is 0.467 e. The average molecular weight is 382 g/mol. The zero-order chi connectivity index (χ0) is 16.7. The fourth-order valence-electron chi connectivity index (χ4n) is 3.19. The quantitative estimate of drug-likeness (QED) is 0.623. The second kappa shape index (κ2) is 8.48. The van der Waals surface area contributed by atoms with Crippen LogP contribution in [0.25, 0.3) is 0 Å². The molecule has 1 aromatic rings. The van der Waals surface area contributed by atoms with Gasteiger partial charge < -0.3 is 10.1 Å². The zero-order valence-corrected chi connectivity index (χ0v) is 15.2. The van der Waals surface area contributed by atoms with Crippen molar-refractivity contribution in [1.29, 1.82) is 0 Å². The van der Waals surface area contributed by atoms with E-state index >= 15 is 0 Å². The highest BCUT2D eigenvalue weighted by molar-refractivity contribution is 9.10. The van der Waals surface area contributed by atoms with E-state index in [-0.39, 0.29) is 11.9 Å². The molecule has 0 spiro atoms. The standard InChI is InChI=1S/C18H24BrNO3/c1-23-17(22)18(11-4-2-3-5-12-18)20-16(21)10-9-14-7-6-8-15(19)13-14/h6-8,13H,2-5,9-12H2,1H3,(H,20,21). The molecule has 23 heavy (non-hydrogen) atoms. The Kier molecular flexibility index (Phi) is 6.63. The van der Waals surface area contributed by atoms with Gasteiger partial charge >= 0.3 is 5.97 Å². The van der Waals surface area contributed by atoms with Crippen LogP contribution in [0.4, 0.5) is 0 Å². The van der Waals surface area contributed by atoms with Crippen LogP contribution in [0.3, 0.4) is 0 Å². The van der Waals surface area contributed by atoms with Gasteiger partial charge in [0.25, 0.3) is 0 Å². The molecule has 126 valence electrons. The average Bonchev–Trinajstić information content (AvgIpc) is 2.79. The minimum atomic E-state index is -0.834. The molecular formula is C18H24BrNO3. The van der Waals surface area contributed by atoms with Gasteiger partial charge in [0.2, 0.25) is 5.91 Å². The third-order valence-electron chi connectivity index (χ3n) is 4.44. The first-order valence-corrected chi connectivity index (χ1v) is 8.99. The molecule has 2 rings (SSSR count). The number of nitrogens with one attached hydrogen (secondary N) is 1. The van der Waals surface area contributed by atoms with Gasteiger partial charge in [0.1, 0.15) is 5.54 Å². The van der Waals surface area contributed by atoms with Gasteiger partial charge in [-0.25, -0.2) is 4.79 Å². The number of ether oxygens (including phenoxy) is 1. The van der Waals surface area contributed by atoms with Gasteiger partial charge in [0.05, 0.1) is 7.11 Å². The molecule has 1 amide bonds. The van der Waals surface area contributed by atoms with Gasteiger partial charge in [0.15, 0.2) is 0 Å². The number of aryl methyl sites for hydroxylation is 1. The number of methoxy groups -OCH3 is 1. The van der Waals surface area contributed by atoms with E-state index in [1.165, 1.54) is 7.11 Å². The maximum Gasteiger partial charge on any atom is 0.331 e. The van der Waals surface area contributed by atoms with E-state index in [1.807, 2.05) is 24.3 Å². The van der Waals surface area contributed by atoms with E-state index in [0.29, 0.717) is 25.7 Å². The lowest BCUT2D eigenvalue weighted by molar-refractivity contribution is -0.151. The van der Waals surface area contributed by atoms with Crippen molar-refractivity contribution in [3.63, 3.8) is 0 Å². The molecule has 1 aromatic carbocycles. The van der Waals surface area contributed by atoms with Crippen LogP contribution in [0.15, 0.2) is 28.7 Å². The summed E-state index contributed by atoms with van der Waals surface area (Å²) in [4.78, 5) is 24.6. The van der Waals surface area contributed by atoms with E-state index in [0.717, 1.165) is 35.7 Å². The van der Waals surface area contributed by atoms with Crippen LogP contribution in [0.2, 0.25) is 0 Å². The zero-order valence-electron chi connectivity index (χ0n) is 13.6. The Morgan fingerprint density at radius 3 is 2.52 bits per heavy atom. The first kappa shape index (κ1) is 18.0. The normalized spacial score (nSPS) is 17.1. The van der Waals surface area contributed by atoms with Crippen LogP contribution in [0.5, 0.6) is 0 Å². The molecule has 0 aliphatic heterocycles. The van der Waals surface area contributed by atoms with Gasteiger partial charge in [-0.2, -0.15) is 0 Å². The first-order valence-electron chi connectivity index (χ1n) is 8.20. The SMILES string of the molecule is COC(=O)C1(NC(=O)CCc2cccc(Br)c2)CCCCCC1. The minimum absolute atomic E-state index is 0.0859. The molecule has 4 nitrogen and oxygen atoms in total. The lowest BCUT2D eigenvalue weighted by atomic mass is 9.89. The van der Waals surface area contributed by atoms with Crippen molar-refractivity contribution in [2.45, 2.75) is 56.9 Å². The van der Waals surface area contributed by atoms with E-state index in [2.05, 4.69) is 21.2 Å². The predicted molar refractivity (Wildman–Crippen MR) is 93.1 cm³/mol. The van der Waals surface area contributed by atoms with Gasteiger partial charge in [-0.1, -0.05) is 53.7 Å². The van der Waals surface area contributed by atoms with Gasteiger partial charge in [-0.15, -0.1) is 0 Å². The summed E-state index contributed by atoms with van der Waals surface area (Å²) in [6.07, 6.45) is 6.46. The maximum absolute atomic E-state index is 12.4. The van der Waals surface area contributed by atoms with E-state index in [4.69, 9.17) is 4.74 Å². The molecule has 5 heteroatoms. The van der Waals surface area contributed by atoms with E-state index in [1.54, 1.807) is 0 Å². The summed E-state index contributed by atoms with van der Waals surface area (Å²) >= 11 is 3.43. The molecule has 0 heterocycles. The molecule has 0 aromatic heterocycles. The molecule has 1 aliphatic carbocycles. The summed E-state index contributed by atoms with van der Waals surface area (Å²) in [6, 6.07) is 7.93. The number of carbonyl (C=O) groups excluding carboxylic acids is 2. The van der Waals surface area contributed by atoms with Crippen molar-refractivity contribution in [1.82, 2.24) is 5.32 Å². The topological polar surface area (TPSA) is 55.4 Å². The molecule has 1 aliphatic rings. The van der Waals surface area contributed by atoms with Crippen molar-refractivity contribution >= 4 is 27.8 Å². The third-order valence-corrected chi connectivity index (χ3v) is 4.93. The summed E-state index contributed by atoms with van der Waals surface area (Å²) in [6.45, 7) is 0. The number of rotatable bonds is 5.